The van der Waals surface area contributed by atoms with Crippen LogP contribution in [0, 0.1) is 17.2 Å². The Morgan fingerprint density at radius 1 is 1.18 bits per heavy atom. The smallest absolute Gasteiger partial charge is 0.101 e. The lowest BCUT2D eigenvalue weighted by Crippen LogP contribution is -2.25. The molecule has 22 heavy (non-hydrogen) atoms. The molecule has 0 saturated heterocycles. The summed E-state index contributed by atoms with van der Waals surface area (Å²) in [6, 6.07) is 0. The van der Waals surface area contributed by atoms with Crippen molar-refractivity contribution in [3.63, 3.8) is 0 Å². The highest BCUT2D eigenvalue weighted by atomic mass is 19.1. The summed E-state index contributed by atoms with van der Waals surface area (Å²) in [7, 11) is 0. The van der Waals surface area contributed by atoms with Gasteiger partial charge in [-0.05, 0) is 54.9 Å². The minimum absolute atomic E-state index is 0.0527. The molecule has 2 rings (SSSR count). The van der Waals surface area contributed by atoms with E-state index in [-0.39, 0.29) is 11.7 Å². The van der Waals surface area contributed by atoms with E-state index in [0.717, 1.165) is 23.1 Å². The first kappa shape index (κ1) is 18.6. The molecule has 1 nitrogen and oxygen atoms in total. The van der Waals surface area contributed by atoms with E-state index in [4.69, 9.17) is 5.41 Å². The van der Waals surface area contributed by atoms with Crippen molar-refractivity contribution in [3.05, 3.63) is 46.9 Å². The number of halogens is 1. The van der Waals surface area contributed by atoms with E-state index in [2.05, 4.69) is 26.8 Å². The van der Waals surface area contributed by atoms with Crippen LogP contribution in [0.15, 0.2) is 46.9 Å². The van der Waals surface area contributed by atoms with E-state index in [1.165, 1.54) is 12.8 Å². The summed E-state index contributed by atoms with van der Waals surface area (Å²) in [6.07, 6.45) is 11.8. The first-order chi connectivity index (χ1) is 10.5. The van der Waals surface area contributed by atoms with Gasteiger partial charge in [-0.1, -0.05) is 51.8 Å². The highest BCUT2D eigenvalue weighted by Crippen LogP contribution is 2.39. The predicted octanol–water partition coefficient (Wildman–Crippen LogP) is 6.54. The quantitative estimate of drug-likeness (QED) is 0.598. The molecule has 0 fully saturated rings. The molecule has 0 aliphatic heterocycles. The zero-order valence-corrected chi connectivity index (χ0v) is 14.7. The maximum Gasteiger partial charge on any atom is 0.101 e. The Kier molecular flexibility index (Phi) is 7.50. The number of hydrogen-bond donors (Lipinski definition) is 1. The molecule has 0 spiro atoms. The summed E-state index contributed by atoms with van der Waals surface area (Å²) in [5, 5.41) is 8.31. The summed E-state index contributed by atoms with van der Waals surface area (Å²) in [6.45, 7) is 10.4. The molecule has 122 valence electrons. The molecular weight excluding hydrogens is 273 g/mol. The summed E-state index contributed by atoms with van der Waals surface area (Å²) in [4.78, 5) is 0. The van der Waals surface area contributed by atoms with Gasteiger partial charge in [0.2, 0.25) is 0 Å². The van der Waals surface area contributed by atoms with Crippen LogP contribution in [0.3, 0.4) is 0 Å². The number of rotatable bonds is 2. The fourth-order valence-electron chi connectivity index (χ4n) is 2.92. The summed E-state index contributed by atoms with van der Waals surface area (Å²) in [5.41, 5.74) is 3.47. The van der Waals surface area contributed by atoms with E-state index in [1.807, 2.05) is 26.0 Å². The SMILES string of the molecule is CCC1/C=C\C=C(\C)C(=N)C2=C(C)C=C(F)CC21.CCCC. The van der Waals surface area contributed by atoms with Crippen LogP contribution in [0.5, 0.6) is 0 Å². The van der Waals surface area contributed by atoms with Gasteiger partial charge >= 0.3 is 0 Å². The molecule has 0 amide bonds. The van der Waals surface area contributed by atoms with Gasteiger partial charge in [0.05, 0.1) is 5.71 Å². The molecule has 2 unspecified atom stereocenters. The Bertz CT molecular complexity index is 518. The molecule has 0 aromatic rings. The van der Waals surface area contributed by atoms with E-state index < -0.39 is 0 Å². The maximum atomic E-state index is 13.7. The molecule has 0 aromatic heterocycles. The van der Waals surface area contributed by atoms with Crippen molar-refractivity contribution in [3.8, 4) is 0 Å². The van der Waals surface area contributed by atoms with Gasteiger partial charge in [0.25, 0.3) is 0 Å². The van der Waals surface area contributed by atoms with Crippen molar-refractivity contribution in [1.82, 2.24) is 0 Å². The minimum atomic E-state index is -0.0527. The van der Waals surface area contributed by atoms with Crippen LogP contribution in [0.4, 0.5) is 4.39 Å². The topological polar surface area (TPSA) is 23.9 Å². The van der Waals surface area contributed by atoms with Crippen LogP contribution in [-0.2, 0) is 0 Å². The van der Waals surface area contributed by atoms with E-state index in [1.54, 1.807) is 6.08 Å². The number of unbranched alkanes of at least 4 members (excludes halogenated alkanes) is 1. The molecular formula is C20H30FN. The minimum Gasteiger partial charge on any atom is -0.300 e. The zero-order valence-electron chi connectivity index (χ0n) is 14.7. The van der Waals surface area contributed by atoms with Crippen LogP contribution < -0.4 is 0 Å². The lowest BCUT2D eigenvalue weighted by atomic mass is 9.73. The average Bonchev–Trinajstić information content (AvgIpc) is 2.49. The van der Waals surface area contributed by atoms with Crippen molar-refractivity contribution in [2.45, 2.75) is 60.3 Å². The highest BCUT2D eigenvalue weighted by molar-refractivity contribution is 6.11. The van der Waals surface area contributed by atoms with Gasteiger partial charge in [0.1, 0.15) is 5.83 Å². The van der Waals surface area contributed by atoms with Gasteiger partial charge in [-0.3, -0.25) is 0 Å². The lowest BCUT2D eigenvalue weighted by Gasteiger charge is -2.31. The van der Waals surface area contributed by atoms with Crippen LogP contribution in [-0.4, -0.2) is 5.71 Å². The van der Waals surface area contributed by atoms with Gasteiger partial charge in [-0.25, -0.2) is 4.39 Å². The summed E-state index contributed by atoms with van der Waals surface area (Å²) >= 11 is 0. The maximum absolute atomic E-state index is 13.7. The van der Waals surface area contributed by atoms with Crippen LogP contribution in [0.2, 0.25) is 0 Å². The Morgan fingerprint density at radius 3 is 2.36 bits per heavy atom. The van der Waals surface area contributed by atoms with Gasteiger partial charge in [0, 0.05) is 6.42 Å². The zero-order chi connectivity index (χ0) is 16.7. The number of allylic oxidation sites excluding steroid dienone is 8. The molecule has 0 bridgehead atoms. The molecule has 2 aliphatic carbocycles. The number of hydrogen-bond acceptors (Lipinski definition) is 1. The Balaban J connectivity index is 0.000000541. The second-order valence-electron chi connectivity index (χ2n) is 6.18. The number of nitrogens with one attached hydrogen (secondary N) is 1. The third-order valence-corrected chi connectivity index (χ3v) is 4.44. The first-order valence-corrected chi connectivity index (χ1v) is 8.47. The van der Waals surface area contributed by atoms with Crippen LogP contribution >= 0.6 is 0 Å². The highest BCUT2D eigenvalue weighted by Gasteiger charge is 2.31. The Labute approximate surface area is 135 Å². The predicted molar refractivity (Wildman–Crippen MR) is 95.0 cm³/mol. The average molecular weight is 303 g/mol. The van der Waals surface area contributed by atoms with Gasteiger partial charge in [-0.15, -0.1) is 0 Å². The normalized spacial score (nSPS) is 28.4. The van der Waals surface area contributed by atoms with Crippen molar-refractivity contribution >= 4 is 5.71 Å². The summed E-state index contributed by atoms with van der Waals surface area (Å²) < 4.78 is 13.7. The van der Waals surface area contributed by atoms with Crippen LogP contribution in [0.25, 0.3) is 0 Å². The second-order valence-corrected chi connectivity index (χ2v) is 6.18. The molecule has 2 heteroatoms. The van der Waals surface area contributed by atoms with Crippen molar-refractivity contribution < 1.29 is 4.39 Å². The van der Waals surface area contributed by atoms with Crippen molar-refractivity contribution in [1.29, 1.82) is 5.41 Å². The van der Waals surface area contributed by atoms with Crippen molar-refractivity contribution in [2.75, 3.05) is 0 Å². The van der Waals surface area contributed by atoms with E-state index >= 15 is 0 Å². The molecule has 2 aliphatic rings. The molecule has 0 aromatic carbocycles. The standard InChI is InChI=1S/C16H20FN.C4H10/c1-4-12-7-5-6-10(2)16(18)15-11(3)8-13(17)9-14(12)15;1-3-4-2/h5-8,12,14,18H,4,9H2,1-3H3;3-4H2,1-2H3/b7-5-,10-6-,18-16?;. The third kappa shape index (κ3) is 4.53. The monoisotopic (exact) mass is 303 g/mol. The van der Waals surface area contributed by atoms with E-state index in [9.17, 15) is 4.39 Å². The van der Waals surface area contributed by atoms with Gasteiger partial charge in [0.15, 0.2) is 0 Å². The van der Waals surface area contributed by atoms with Crippen molar-refractivity contribution in [2.24, 2.45) is 11.8 Å². The van der Waals surface area contributed by atoms with E-state index in [0.29, 0.717) is 18.1 Å². The molecule has 0 heterocycles. The first-order valence-electron chi connectivity index (χ1n) is 8.47. The molecule has 2 atom stereocenters. The van der Waals surface area contributed by atoms with Gasteiger partial charge < -0.3 is 5.41 Å². The largest absolute Gasteiger partial charge is 0.300 e. The molecule has 0 saturated carbocycles. The fourth-order valence-corrected chi connectivity index (χ4v) is 2.92. The Morgan fingerprint density at radius 2 is 1.82 bits per heavy atom. The third-order valence-electron chi connectivity index (χ3n) is 4.44. The van der Waals surface area contributed by atoms with Crippen LogP contribution in [0.1, 0.15) is 60.3 Å². The number of fused-ring (bicyclic) bond motifs is 1. The molecule has 0 radical (unpaired) electrons. The summed E-state index contributed by atoms with van der Waals surface area (Å²) in [5.74, 6) is 0.384. The fraction of sp³-hybridized carbons (Fsp3) is 0.550. The molecule has 1 N–H and O–H groups in total. The lowest BCUT2D eigenvalue weighted by molar-refractivity contribution is 0.403. The van der Waals surface area contributed by atoms with Gasteiger partial charge in [-0.2, -0.15) is 0 Å². The Hall–Kier alpha value is -1.44. The second kappa shape index (κ2) is 8.87.